The highest BCUT2D eigenvalue weighted by atomic mass is 35.5. The number of thiazole rings is 1. The molecule has 0 saturated carbocycles. The average molecular weight is 414 g/mol. The van der Waals surface area contributed by atoms with Crippen LogP contribution in [0.4, 0.5) is 10.9 Å². The van der Waals surface area contributed by atoms with Gasteiger partial charge in [0.2, 0.25) is 5.91 Å². The van der Waals surface area contributed by atoms with Gasteiger partial charge in [-0.05, 0) is 30.7 Å². The first kappa shape index (κ1) is 18.8. The van der Waals surface area contributed by atoms with Gasteiger partial charge in [-0.1, -0.05) is 53.3 Å². The summed E-state index contributed by atoms with van der Waals surface area (Å²) in [5, 5.41) is 7.62. The molecule has 0 spiro atoms. The van der Waals surface area contributed by atoms with Crippen molar-refractivity contribution in [2.45, 2.75) is 25.9 Å². The fourth-order valence-corrected chi connectivity index (χ4v) is 4.52. The van der Waals surface area contributed by atoms with Crippen LogP contribution in [0.15, 0.2) is 48.5 Å². The molecule has 1 atom stereocenters. The predicted octanol–water partition coefficient (Wildman–Crippen LogP) is 5.28. The molecular weight excluding hydrogens is 394 g/mol. The summed E-state index contributed by atoms with van der Waals surface area (Å²) in [6.45, 7) is 3.21. The van der Waals surface area contributed by atoms with Gasteiger partial charge in [0, 0.05) is 29.5 Å². The number of hydrogen-bond donors (Lipinski definition) is 2. The summed E-state index contributed by atoms with van der Waals surface area (Å²) in [5.41, 5.74) is 1.98. The molecule has 0 bridgehead atoms. The minimum atomic E-state index is -0.0301. The Kier molecular flexibility index (Phi) is 5.50. The van der Waals surface area contributed by atoms with Gasteiger partial charge in [0.25, 0.3) is 0 Å². The number of fused-ring (bicyclic) bond motifs is 1. The standard InChI is InChI=1S/C21H20ClN3O2S/c1-2-23-21-25-20-19(28-21)16(11-18(26)24-20)13-7-5-8-15(10-13)27-12-14-6-3-4-9-17(14)22/h3-10,16H,2,11-12H2,1H3,(H,23,25)(H,24,26). The Morgan fingerprint density at radius 1 is 1.29 bits per heavy atom. The largest absolute Gasteiger partial charge is 0.489 e. The third-order valence-corrected chi connectivity index (χ3v) is 6.05. The number of hydrogen-bond acceptors (Lipinski definition) is 5. The van der Waals surface area contributed by atoms with Crippen LogP contribution in [0.25, 0.3) is 0 Å². The summed E-state index contributed by atoms with van der Waals surface area (Å²) >= 11 is 7.80. The van der Waals surface area contributed by atoms with Crippen molar-refractivity contribution in [3.05, 3.63) is 69.6 Å². The summed E-state index contributed by atoms with van der Waals surface area (Å²) in [6, 6.07) is 15.5. The van der Waals surface area contributed by atoms with E-state index in [4.69, 9.17) is 16.3 Å². The number of anilines is 2. The number of rotatable bonds is 6. The van der Waals surface area contributed by atoms with Gasteiger partial charge >= 0.3 is 0 Å². The van der Waals surface area contributed by atoms with Crippen LogP contribution in [-0.2, 0) is 11.4 Å². The lowest BCUT2D eigenvalue weighted by atomic mass is 9.91. The number of carbonyl (C=O) groups is 1. The smallest absolute Gasteiger partial charge is 0.226 e. The molecular formula is C21H20ClN3O2S. The van der Waals surface area contributed by atoms with Crippen molar-refractivity contribution in [1.82, 2.24) is 4.98 Å². The number of ether oxygens (including phenoxy) is 1. The molecule has 1 unspecified atom stereocenters. The summed E-state index contributed by atoms with van der Waals surface area (Å²) in [7, 11) is 0. The van der Waals surface area contributed by atoms with Crippen molar-refractivity contribution >= 4 is 39.8 Å². The van der Waals surface area contributed by atoms with Crippen LogP contribution in [0.1, 0.15) is 35.3 Å². The van der Waals surface area contributed by atoms with Crippen LogP contribution < -0.4 is 15.4 Å². The number of carbonyl (C=O) groups excluding carboxylic acids is 1. The number of halogens is 1. The van der Waals surface area contributed by atoms with E-state index in [0.29, 0.717) is 23.9 Å². The minimum Gasteiger partial charge on any atom is -0.489 e. The molecule has 2 aromatic carbocycles. The maximum Gasteiger partial charge on any atom is 0.226 e. The first-order chi connectivity index (χ1) is 13.6. The minimum absolute atomic E-state index is 0.0202. The van der Waals surface area contributed by atoms with Gasteiger partial charge in [0.1, 0.15) is 18.2 Å². The van der Waals surface area contributed by atoms with Crippen LogP contribution in [0, 0.1) is 0 Å². The fourth-order valence-electron chi connectivity index (χ4n) is 3.21. The highest BCUT2D eigenvalue weighted by Gasteiger charge is 2.30. The molecule has 28 heavy (non-hydrogen) atoms. The Balaban J connectivity index is 1.57. The monoisotopic (exact) mass is 413 g/mol. The second kappa shape index (κ2) is 8.20. The third-order valence-electron chi connectivity index (χ3n) is 4.56. The lowest BCUT2D eigenvalue weighted by Crippen LogP contribution is -2.22. The first-order valence-electron chi connectivity index (χ1n) is 9.14. The summed E-state index contributed by atoms with van der Waals surface area (Å²) in [5.74, 6) is 1.36. The third kappa shape index (κ3) is 3.98. The van der Waals surface area contributed by atoms with Crippen LogP contribution in [0.3, 0.4) is 0 Å². The van der Waals surface area contributed by atoms with Crippen molar-refractivity contribution < 1.29 is 9.53 Å². The van der Waals surface area contributed by atoms with Gasteiger partial charge in [-0.2, -0.15) is 0 Å². The van der Waals surface area contributed by atoms with E-state index in [1.807, 2.05) is 55.5 Å². The average Bonchev–Trinajstić information content (AvgIpc) is 3.09. The van der Waals surface area contributed by atoms with E-state index in [0.717, 1.165) is 33.4 Å². The first-order valence-corrected chi connectivity index (χ1v) is 10.3. The molecule has 0 radical (unpaired) electrons. The Bertz CT molecular complexity index is 1000. The lowest BCUT2D eigenvalue weighted by molar-refractivity contribution is -0.116. The molecule has 1 aromatic heterocycles. The number of benzene rings is 2. The zero-order valence-corrected chi connectivity index (χ0v) is 16.9. The van der Waals surface area contributed by atoms with Crippen LogP contribution in [-0.4, -0.2) is 17.4 Å². The van der Waals surface area contributed by atoms with Gasteiger partial charge in [0.05, 0.1) is 4.88 Å². The summed E-state index contributed by atoms with van der Waals surface area (Å²) < 4.78 is 5.95. The van der Waals surface area contributed by atoms with E-state index in [9.17, 15) is 4.79 Å². The van der Waals surface area contributed by atoms with Crippen LogP contribution >= 0.6 is 22.9 Å². The zero-order valence-electron chi connectivity index (χ0n) is 15.4. The molecule has 2 heterocycles. The number of nitrogens with zero attached hydrogens (tertiary/aromatic N) is 1. The second-order valence-corrected chi connectivity index (χ2v) is 7.96. The van der Waals surface area contributed by atoms with Gasteiger partial charge in [-0.3, -0.25) is 4.79 Å². The highest BCUT2D eigenvalue weighted by Crippen LogP contribution is 2.42. The Labute approximate surface area is 172 Å². The molecule has 4 rings (SSSR count). The molecule has 0 saturated heterocycles. The van der Waals surface area contributed by atoms with Gasteiger partial charge in [-0.15, -0.1) is 0 Å². The molecule has 1 aliphatic heterocycles. The molecule has 144 valence electrons. The molecule has 3 aromatic rings. The SMILES string of the molecule is CCNc1nc2c(s1)C(c1cccc(OCc3ccccc3Cl)c1)CC(=O)N2. The fraction of sp³-hybridized carbons (Fsp3) is 0.238. The topological polar surface area (TPSA) is 63.3 Å². The van der Waals surface area contributed by atoms with E-state index >= 15 is 0 Å². The zero-order chi connectivity index (χ0) is 19.5. The van der Waals surface area contributed by atoms with Crippen molar-refractivity contribution in [3.8, 4) is 5.75 Å². The maximum absolute atomic E-state index is 12.2. The molecule has 0 fully saturated rings. The Morgan fingerprint density at radius 3 is 2.96 bits per heavy atom. The normalized spacial score (nSPS) is 15.6. The quantitative estimate of drug-likeness (QED) is 0.577. The number of aromatic nitrogens is 1. The van der Waals surface area contributed by atoms with Crippen molar-refractivity contribution in [3.63, 3.8) is 0 Å². The summed E-state index contributed by atoms with van der Waals surface area (Å²) in [4.78, 5) is 17.8. The van der Waals surface area contributed by atoms with Gasteiger partial charge < -0.3 is 15.4 Å². The number of nitrogens with one attached hydrogen (secondary N) is 2. The Morgan fingerprint density at radius 2 is 2.14 bits per heavy atom. The van der Waals surface area contributed by atoms with E-state index in [-0.39, 0.29) is 11.8 Å². The van der Waals surface area contributed by atoms with Gasteiger partial charge in [0.15, 0.2) is 5.13 Å². The van der Waals surface area contributed by atoms with E-state index in [2.05, 4.69) is 15.6 Å². The molecule has 7 heteroatoms. The lowest BCUT2D eigenvalue weighted by Gasteiger charge is -2.22. The van der Waals surface area contributed by atoms with Crippen LogP contribution in [0.2, 0.25) is 5.02 Å². The van der Waals surface area contributed by atoms with Crippen molar-refractivity contribution in [2.24, 2.45) is 0 Å². The van der Waals surface area contributed by atoms with Crippen LogP contribution in [0.5, 0.6) is 5.75 Å². The number of amides is 1. The van der Waals surface area contributed by atoms with E-state index < -0.39 is 0 Å². The van der Waals surface area contributed by atoms with Gasteiger partial charge in [-0.25, -0.2) is 4.98 Å². The maximum atomic E-state index is 12.2. The molecule has 1 amide bonds. The molecule has 2 N–H and O–H groups in total. The second-order valence-electron chi connectivity index (χ2n) is 6.52. The summed E-state index contributed by atoms with van der Waals surface area (Å²) in [6.07, 6.45) is 0.398. The molecule has 0 aliphatic carbocycles. The van der Waals surface area contributed by atoms with Crippen molar-refractivity contribution in [1.29, 1.82) is 0 Å². The molecule has 1 aliphatic rings. The van der Waals surface area contributed by atoms with E-state index in [1.165, 1.54) is 0 Å². The van der Waals surface area contributed by atoms with Crippen molar-refractivity contribution in [2.75, 3.05) is 17.2 Å². The van der Waals surface area contributed by atoms with E-state index in [1.54, 1.807) is 11.3 Å². The highest BCUT2D eigenvalue weighted by molar-refractivity contribution is 7.16. The Hall–Kier alpha value is -2.57. The molecule has 5 nitrogen and oxygen atoms in total. The predicted molar refractivity (Wildman–Crippen MR) is 114 cm³/mol.